The summed E-state index contributed by atoms with van der Waals surface area (Å²) >= 11 is 5.89. The van der Waals surface area contributed by atoms with E-state index in [9.17, 15) is 9.18 Å². The van der Waals surface area contributed by atoms with Gasteiger partial charge in [-0.15, -0.1) is 0 Å². The molecule has 0 unspecified atom stereocenters. The molecule has 2 aromatic carbocycles. The van der Waals surface area contributed by atoms with Crippen LogP contribution in [0.25, 0.3) is 0 Å². The molecule has 0 aliphatic heterocycles. The van der Waals surface area contributed by atoms with Crippen molar-refractivity contribution in [3.63, 3.8) is 0 Å². The number of nitrogens with zero attached hydrogens (tertiary/aromatic N) is 2. The highest BCUT2D eigenvalue weighted by atomic mass is 35.5. The second kappa shape index (κ2) is 8.41. The number of hydrogen-bond donors (Lipinski definition) is 0. The maximum atomic E-state index is 13.2. The van der Waals surface area contributed by atoms with Gasteiger partial charge in [-0.25, -0.2) is 4.39 Å². The van der Waals surface area contributed by atoms with Crippen LogP contribution in [-0.2, 0) is 11.3 Å². The van der Waals surface area contributed by atoms with Gasteiger partial charge in [0.2, 0.25) is 0 Å². The predicted molar refractivity (Wildman–Crippen MR) is 95.7 cm³/mol. The first-order valence-electron chi connectivity index (χ1n) is 7.42. The van der Waals surface area contributed by atoms with Crippen LogP contribution in [0.2, 0.25) is 5.02 Å². The average Bonchev–Trinajstić information content (AvgIpc) is 2.56. The molecule has 0 saturated heterocycles. The fraction of sp³-hybridized carbons (Fsp3) is 0.158. The minimum atomic E-state index is -0.315. The van der Waals surface area contributed by atoms with Crippen LogP contribution in [0, 0.1) is 5.82 Å². The normalized spacial score (nSPS) is 12.2. The third-order valence-electron chi connectivity index (χ3n) is 3.40. The molecule has 0 bridgehead atoms. The molecule has 0 atom stereocenters. The van der Waals surface area contributed by atoms with Gasteiger partial charge >= 0.3 is 0 Å². The van der Waals surface area contributed by atoms with E-state index in [-0.39, 0.29) is 5.82 Å². The zero-order chi connectivity index (χ0) is 17.5. The number of benzene rings is 2. The molecular formula is C19H18ClFN2O. The topological polar surface area (TPSA) is 32.7 Å². The highest BCUT2D eigenvalue weighted by Crippen LogP contribution is 2.14. The van der Waals surface area contributed by atoms with E-state index in [2.05, 4.69) is 5.10 Å². The summed E-state index contributed by atoms with van der Waals surface area (Å²) in [7, 11) is 1.84. The van der Waals surface area contributed by atoms with Gasteiger partial charge in [0.05, 0.1) is 12.3 Å². The van der Waals surface area contributed by atoms with Crippen molar-refractivity contribution in [3.8, 4) is 0 Å². The van der Waals surface area contributed by atoms with E-state index in [0.29, 0.717) is 29.1 Å². The third kappa shape index (κ3) is 5.03. The van der Waals surface area contributed by atoms with Gasteiger partial charge in [0.25, 0.3) is 0 Å². The van der Waals surface area contributed by atoms with E-state index in [0.717, 1.165) is 11.1 Å². The average molecular weight is 345 g/mol. The van der Waals surface area contributed by atoms with Crippen LogP contribution >= 0.6 is 11.6 Å². The molecule has 0 aliphatic carbocycles. The summed E-state index contributed by atoms with van der Waals surface area (Å²) < 4.78 is 13.2. The Kier molecular flexibility index (Phi) is 6.27. The molecule has 0 amide bonds. The molecular weight excluding hydrogens is 327 g/mol. The van der Waals surface area contributed by atoms with Gasteiger partial charge in [-0.1, -0.05) is 23.7 Å². The van der Waals surface area contributed by atoms with Crippen LogP contribution in [0.4, 0.5) is 4.39 Å². The number of hydrazone groups is 1. The molecule has 3 nitrogen and oxygen atoms in total. The Hall–Kier alpha value is -2.46. The molecule has 0 aliphatic rings. The molecule has 0 aromatic heterocycles. The second-order valence-electron chi connectivity index (χ2n) is 5.38. The molecule has 0 saturated carbocycles. The number of allylic oxidation sites excluding steroid dienone is 2. The SMILES string of the molecule is C/C(=C/C=O)C(=NN(C)Cc1ccc(Cl)cc1)c1ccc(F)cc1. The van der Waals surface area contributed by atoms with Crippen LogP contribution in [0.3, 0.4) is 0 Å². The summed E-state index contributed by atoms with van der Waals surface area (Å²) in [5, 5.41) is 7.03. The van der Waals surface area contributed by atoms with Crippen molar-refractivity contribution in [2.24, 2.45) is 5.10 Å². The molecule has 0 fully saturated rings. The summed E-state index contributed by atoms with van der Waals surface area (Å²) in [5.41, 5.74) is 3.13. The first-order chi connectivity index (χ1) is 11.5. The molecule has 0 radical (unpaired) electrons. The minimum absolute atomic E-state index is 0.315. The van der Waals surface area contributed by atoms with Gasteiger partial charge in [-0.2, -0.15) is 5.10 Å². The zero-order valence-electron chi connectivity index (χ0n) is 13.5. The fourth-order valence-electron chi connectivity index (χ4n) is 2.21. The number of halogens is 2. The summed E-state index contributed by atoms with van der Waals surface area (Å²) in [6, 6.07) is 13.6. The van der Waals surface area contributed by atoms with Gasteiger partial charge in [-0.3, -0.25) is 9.80 Å². The van der Waals surface area contributed by atoms with Gasteiger partial charge < -0.3 is 0 Å². The van der Waals surface area contributed by atoms with Gasteiger partial charge in [0, 0.05) is 17.6 Å². The molecule has 2 aromatic rings. The fourth-order valence-corrected chi connectivity index (χ4v) is 2.34. The number of aldehydes is 1. The Balaban J connectivity index is 2.29. The van der Waals surface area contributed by atoms with Crippen LogP contribution < -0.4 is 0 Å². The Labute approximate surface area is 146 Å². The predicted octanol–water partition coefficient (Wildman–Crippen LogP) is 4.46. The van der Waals surface area contributed by atoms with Crippen molar-refractivity contribution >= 4 is 23.6 Å². The van der Waals surface area contributed by atoms with Crippen molar-refractivity contribution in [2.45, 2.75) is 13.5 Å². The Morgan fingerprint density at radius 2 is 1.79 bits per heavy atom. The van der Waals surface area contributed by atoms with Crippen molar-refractivity contribution in [2.75, 3.05) is 7.05 Å². The van der Waals surface area contributed by atoms with Crippen molar-refractivity contribution < 1.29 is 9.18 Å². The Morgan fingerprint density at radius 1 is 1.17 bits per heavy atom. The smallest absolute Gasteiger partial charge is 0.143 e. The quantitative estimate of drug-likeness (QED) is 0.335. The highest BCUT2D eigenvalue weighted by Gasteiger charge is 2.09. The Bertz CT molecular complexity index is 752. The molecule has 0 N–H and O–H groups in total. The lowest BCUT2D eigenvalue weighted by Crippen LogP contribution is -2.16. The van der Waals surface area contributed by atoms with Crippen LogP contribution in [0.1, 0.15) is 18.1 Å². The van der Waals surface area contributed by atoms with Crippen molar-refractivity contribution in [1.82, 2.24) is 5.01 Å². The standard InChI is InChI=1S/C19H18ClFN2O/c1-14(11-12-24)19(16-5-9-18(21)10-6-16)22-23(2)13-15-3-7-17(20)8-4-15/h3-12H,13H2,1-2H3/b14-11-,22-19?. The molecule has 2 rings (SSSR count). The maximum Gasteiger partial charge on any atom is 0.143 e. The minimum Gasteiger partial charge on any atom is -0.299 e. The number of rotatable bonds is 6. The highest BCUT2D eigenvalue weighted by molar-refractivity contribution is 6.30. The largest absolute Gasteiger partial charge is 0.299 e. The first kappa shape index (κ1) is 17.9. The summed E-state index contributed by atoms with van der Waals surface area (Å²) in [4.78, 5) is 10.8. The van der Waals surface area contributed by atoms with Gasteiger partial charge in [-0.05, 0) is 60.5 Å². The summed E-state index contributed by atoms with van der Waals surface area (Å²) in [6.07, 6.45) is 2.16. The van der Waals surface area contributed by atoms with Crippen molar-refractivity contribution in [3.05, 3.63) is 82.1 Å². The lowest BCUT2D eigenvalue weighted by Gasteiger charge is -2.17. The first-order valence-corrected chi connectivity index (χ1v) is 7.80. The molecule has 0 spiro atoms. The van der Waals surface area contributed by atoms with E-state index >= 15 is 0 Å². The Morgan fingerprint density at radius 3 is 2.38 bits per heavy atom. The number of hydrogen-bond acceptors (Lipinski definition) is 3. The molecule has 0 heterocycles. The zero-order valence-corrected chi connectivity index (χ0v) is 14.3. The van der Waals surface area contributed by atoms with Gasteiger partial charge in [0.15, 0.2) is 0 Å². The number of carbonyl (C=O) groups is 1. The van der Waals surface area contributed by atoms with E-state index in [1.165, 1.54) is 18.2 Å². The van der Waals surface area contributed by atoms with E-state index < -0.39 is 0 Å². The monoisotopic (exact) mass is 344 g/mol. The lowest BCUT2D eigenvalue weighted by molar-refractivity contribution is -0.104. The molecule has 124 valence electrons. The van der Waals surface area contributed by atoms with E-state index in [1.807, 2.05) is 31.3 Å². The third-order valence-corrected chi connectivity index (χ3v) is 3.66. The maximum absolute atomic E-state index is 13.2. The van der Waals surface area contributed by atoms with Gasteiger partial charge in [0.1, 0.15) is 12.1 Å². The molecule has 24 heavy (non-hydrogen) atoms. The second-order valence-corrected chi connectivity index (χ2v) is 5.82. The molecule has 5 heteroatoms. The van der Waals surface area contributed by atoms with Crippen LogP contribution in [0.15, 0.2) is 65.3 Å². The summed E-state index contributed by atoms with van der Waals surface area (Å²) in [5.74, 6) is -0.315. The summed E-state index contributed by atoms with van der Waals surface area (Å²) in [6.45, 7) is 2.38. The van der Waals surface area contributed by atoms with Crippen LogP contribution in [-0.4, -0.2) is 24.1 Å². The van der Waals surface area contributed by atoms with E-state index in [4.69, 9.17) is 11.6 Å². The van der Waals surface area contributed by atoms with Crippen LogP contribution in [0.5, 0.6) is 0 Å². The van der Waals surface area contributed by atoms with E-state index in [1.54, 1.807) is 24.1 Å². The van der Waals surface area contributed by atoms with Crippen molar-refractivity contribution in [1.29, 1.82) is 0 Å². The lowest BCUT2D eigenvalue weighted by atomic mass is 10.0. The number of carbonyl (C=O) groups excluding carboxylic acids is 1.